The Kier molecular flexibility index (Phi) is 10.1. The van der Waals surface area contributed by atoms with Gasteiger partial charge in [0.05, 0.1) is 11.4 Å². The predicted molar refractivity (Wildman–Crippen MR) is 266 cm³/mol. The number of rotatable bonds is 10. The predicted octanol–water partition coefficient (Wildman–Crippen LogP) is 16.5. The van der Waals surface area contributed by atoms with Crippen LogP contribution in [0, 0.1) is 0 Å². The molecular formula is C58H40N4S. The second kappa shape index (κ2) is 16.7. The number of hydrogen-bond donors (Lipinski definition) is 0. The lowest BCUT2D eigenvalue weighted by Gasteiger charge is -2.28. The highest BCUT2D eigenvalue weighted by atomic mass is 32.1. The van der Waals surface area contributed by atoms with Crippen LogP contribution in [0.3, 0.4) is 0 Å². The maximum absolute atomic E-state index is 5.08. The Labute approximate surface area is 371 Å². The van der Waals surface area contributed by atoms with E-state index in [1.165, 1.54) is 44.2 Å². The van der Waals surface area contributed by atoms with Crippen molar-refractivity contribution in [3.8, 4) is 44.2 Å². The normalized spacial score (nSPS) is 11.2. The van der Waals surface area contributed by atoms with Crippen molar-refractivity contribution in [2.75, 3.05) is 9.80 Å². The monoisotopic (exact) mass is 824 g/mol. The molecule has 0 aliphatic carbocycles. The van der Waals surface area contributed by atoms with Crippen molar-refractivity contribution in [2.24, 2.45) is 0 Å². The van der Waals surface area contributed by atoms with E-state index in [1.54, 1.807) is 0 Å². The third-order valence-electron chi connectivity index (χ3n) is 11.6. The summed E-state index contributed by atoms with van der Waals surface area (Å²) < 4.78 is 4.87. The molecule has 11 rings (SSSR count). The van der Waals surface area contributed by atoms with Gasteiger partial charge < -0.3 is 9.80 Å². The standard InChI is InChI=1S/C58H40N4S/c1-3-15-41(16-4-1)47-23-11-25-51(39-47)61(52-26-12-24-48(40-52)42-17-5-2-6-18-42)49-35-31-45(32-36-49)57-59-58(63-60-57)46-33-37-50(38-34-46)62(55-29-13-21-43-19-7-9-27-53(43)55)56-30-14-22-44-20-8-10-28-54(44)56/h1-40H. The minimum absolute atomic E-state index is 0.711. The Morgan fingerprint density at radius 3 is 1.27 bits per heavy atom. The molecule has 5 heteroatoms. The molecule has 0 saturated carbocycles. The fraction of sp³-hybridized carbons (Fsp3) is 0. The first kappa shape index (κ1) is 37.8. The molecule has 0 fully saturated rings. The average Bonchev–Trinajstić information content (AvgIpc) is 3.86. The maximum atomic E-state index is 5.08. The highest BCUT2D eigenvalue weighted by molar-refractivity contribution is 7.09. The zero-order valence-electron chi connectivity index (χ0n) is 34.3. The Morgan fingerprint density at radius 2 is 0.730 bits per heavy atom. The summed E-state index contributed by atoms with van der Waals surface area (Å²) in [5.41, 5.74) is 13.2. The van der Waals surface area contributed by atoms with Gasteiger partial charge in [0.15, 0.2) is 5.82 Å². The minimum Gasteiger partial charge on any atom is -0.310 e. The summed E-state index contributed by atoms with van der Waals surface area (Å²) in [6, 6.07) is 86.2. The molecule has 10 aromatic carbocycles. The summed E-state index contributed by atoms with van der Waals surface area (Å²) in [6.07, 6.45) is 0. The van der Waals surface area contributed by atoms with Gasteiger partial charge in [-0.15, -0.1) is 0 Å². The van der Waals surface area contributed by atoms with Gasteiger partial charge >= 0.3 is 0 Å². The van der Waals surface area contributed by atoms with E-state index in [-0.39, 0.29) is 0 Å². The number of hydrogen-bond acceptors (Lipinski definition) is 5. The van der Waals surface area contributed by atoms with E-state index in [1.807, 2.05) is 0 Å². The van der Waals surface area contributed by atoms with E-state index in [0.29, 0.717) is 5.82 Å². The van der Waals surface area contributed by atoms with Crippen LogP contribution in [-0.4, -0.2) is 9.36 Å². The zero-order valence-corrected chi connectivity index (χ0v) is 35.1. The van der Waals surface area contributed by atoms with Crippen LogP contribution in [0.5, 0.6) is 0 Å². The average molecular weight is 825 g/mol. The van der Waals surface area contributed by atoms with Crippen LogP contribution in [0.25, 0.3) is 65.8 Å². The van der Waals surface area contributed by atoms with Crippen molar-refractivity contribution in [3.63, 3.8) is 0 Å². The fourth-order valence-electron chi connectivity index (χ4n) is 8.54. The van der Waals surface area contributed by atoms with Crippen molar-refractivity contribution in [3.05, 3.63) is 243 Å². The summed E-state index contributed by atoms with van der Waals surface area (Å²) in [5, 5.41) is 5.67. The van der Waals surface area contributed by atoms with Crippen LogP contribution in [0.15, 0.2) is 243 Å². The Morgan fingerprint density at radius 1 is 0.302 bits per heavy atom. The molecule has 63 heavy (non-hydrogen) atoms. The Hall–Kier alpha value is -8.12. The lowest BCUT2D eigenvalue weighted by Crippen LogP contribution is -2.11. The number of aromatic nitrogens is 2. The summed E-state index contributed by atoms with van der Waals surface area (Å²) in [4.78, 5) is 9.78. The van der Waals surface area contributed by atoms with E-state index in [2.05, 4.69) is 252 Å². The molecule has 0 spiro atoms. The molecule has 0 unspecified atom stereocenters. The summed E-state index contributed by atoms with van der Waals surface area (Å²) in [7, 11) is 0. The second-order valence-corrected chi connectivity index (χ2v) is 16.3. The number of benzene rings is 10. The Bertz CT molecular complexity index is 3170. The van der Waals surface area contributed by atoms with Gasteiger partial charge in [-0.25, -0.2) is 4.98 Å². The molecule has 0 aliphatic rings. The highest BCUT2D eigenvalue weighted by Gasteiger charge is 2.19. The fourth-order valence-corrected chi connectivity index (χ4v) is 9.23. The van der Waals surface area contributed by atoms with Gasteiger partial charge in [0.25, 0.3) is 0 Å². The largest absolute Gasteiger partial charge is 0.310 e. The maximum Gasteiger partial charge on any atom is 0.173 e. The van der Waals surface area contributed by atoms with Crippen molar-refractivity contribution in [2.45, 2.75) is 0 Å². The van der Waals surface area contributed by atoms with Gasteiger partial charge in [0, 0.05) is 44.6 Å². The van der Waals surface area contributed by atoms with E-state index in [4.69, 9.17) is 9.36 Å². The van der Waals surface area contributed by atoms with Crippen LogP contribution in [0.4, 0.5) is 34.1 Å². The van der Waals surface area contributed by atoms with Crippen LogP contribution >= 0.6 is 11.5 Å². The lowest BCUT2D eigenvalue weighted by molar-refractivity contribution is 1.27. The van der Waals surface area contributed by atoms with Gasteiger partial charge in [-0.05, 0) is 129 Å². The Balaban J connectivity index is 0.921. The number of fused-ring (bicyclic) bond motifs is 2. The number of nitrogens with zero attached hydrogens (tertiary/aromatic N) is 4. The molecule has 0 radical (unpaired) electrons. The minimum atomic E-state index is 0.711. The van der Waals surface area contributed by atoms with Crippen molar-refractivity contribution in [1.29, 1.82) is 0 Å². The molecular weight excluding hydrogens is 785 g/mol. The van der Waals surface area contributed by atoms with Gasteiger partial charge in [-0.2, -0.15) is 4.37 Å². The first-order chi connectivity index (χ1) is 31.2. The molecule has 0 bridgehead atoms. The van der Waals surface area contributed by atoms with Crippen LogP contribution in [0.1, 0.15) is 0 Å². The second-order valence-electron chi connectivity index (χ2n) is 15.5. The van der Waals surface area contributed by atoms with E-state index >= 15 is 0 Å². The van der Waals surface area contributed by atoms with Crippen molar-refractivity contribution < 1.29 is 0 Å². The van der Waals surface area contributed by atoms with E-state index in [0.717, 1.165) is 61.4 Å². The quantitative estimate of drug-likeness (QED) is 0.138. The molecule has 1 aromatic heterocycles. The van der Waals surface area contributed by atoms with Gasteiger partial charge in [-0.1, -0.05) is 158 Å². The van der Waals surface area contributed by atoms with Crippen molar-refractivity contribution >= 4 is 67.2 Å². The SMILES string of the molecule is c1ccc(-c2cccc(N(c3ccc(-c4nsc(-c5ccc(N(c6cccc7ccccc67)c6cccc7ccccc67)cc5)n4)cc3)c3cccc(-c4ccccc4)c3)c2)cc1. The van der Waals surface area contributed by atoms with Crippen LogP contribution in [0.2, 0.25) is 0 Å². The van der Waals surface area contributed by atoms with Crippen molar-refractivity contribution in [1.82, 2.24) is 9.36 Å². The molecule has 1 heterocycles. The number of anilines is 6. The molecule has 0 N–H and O–H groups in total. The topological polar surface area (TPSA) is 32.3 Å². The third kappa shape index (κ3) is 7.52. The first-order valence-electron chi connectivity index (χ1n) is 21.1. The summed E-state index contributed by atoms with van der Waals surface area (Å²) in [6.45, 7) is 0. The van der Waals surface area contributed by atoms with Crippen LogP contribution in [-0.2, 0) is 0 Å². The van der Waals surface area contributed by atoms with E-state index in [9.17, 15) is 0 Å². The molecule has 0 amide bonds. The molecule has 298 valence electrons. The zero-order chi connectivity index (χ0) is 42.0. The smallest absolute Gasteiger partial charge is 0.173 e. The van der Waals surface area contributed by atoms with Gasteiger partial charge in [0.2, 0.25) is 0 Å². The first-order valence-corrected chi connectivity index (χ1v) is 21.9. The molecule has 0 aliphatic heterocycles. The van der Waals surface area contributed by atoms with Gasteiger partial charge in [0.1, 0.15) is 5.01 Å². The molecule has 0 atom stereocenters. The van der Waals surface area contributed by atoms with Gasteiger partial charge in [-0.3, -0.25) is 0 Å². The molecule has 11 aromatic rings. The van der Waals surface area contributed by atoms with E-state index < -0.39 is 0 Å². The van der Waals surface area contributed by atoms with Crippen LogP contribution < -0.4 is 9.80 Å². The summed E-state index contributed by atoms with van der Waals surface area (Å²) in [5.74, 6) is 0.711. The lowest BCUT2D eigenvalue weighted by atomic mass is 10.0. The summed E-state index contributed by atoms with van der Waals surface area (Å²) >= 11 is 1.43. The molecule has 4 nitrogen and oxygen atoms in total. The molecule has 0 saturated heterocycles. The highest BCUT2D eigenvalue weighted by Crippen LogP contribution is 2.43. The third-order valence-corrected chi connectivity index (χ3v) is 12.4.